The monoisotopic (exact) mass is 332 g/mol. The number of hydrogen-bond donors (Lipinski definition) is 0. The SMILES string of the molecule is Brc1ccc(C2=C(C3=CC=CCC3)OC=CS2)cc1. The molecule has 96 valence electrons. The van der Waals surface area contributed by atoms with E-state index in [1.54, 1.807) is 18.0 Å². The first kappa shape index (κ1) is 12.8. The Labute approximate surface area is 125 Å². The third-order valence-electron chi connectivity index (χ3n) is 3.05. The zero-order valence-electron chi connectivity index (χ0n) is 10.3. The van der Waals surface area contributed by atoms with Crippen molar-refractivity contribution in [1.29, 1.82) is 0 Å². The van der Waals surface area contributed by atoms with Gasteiger partial charge in [-0.1, -0.05) is 58.1 Å². The lowest BCUT2D eigenvalue weighted by Gasteiger charge is -2.20. The van der Waals surface area contributed by atoms with Gasteiger partial charge in [-0.3, -0.25) is 0 Å². The van der Waals surface area contributed by atoms with Crippen LogP contribution in [-0.2, 0) is 4.74 Å². The molecule has 0 fully saturated rings. The van der Waals surface area contributed by atoms with Crippen molar-refractivity contribution in [3.8, 4) is 0 Å². The standard InChI is InChI=1S/C16H13BrOS/c17-14-8-6-13(7-9-14)16-15(18-10-11-19-16)12-4-2-1-3-5-12/h1-2,4,6-11H,3,5H2. The summed E-state index contributed by atoms with van der Waals surface area (Å²) in [6.07, 6.45) is 10.3. The van der Waals surface area contributed by atoms with Gasteiger partial charge in [0.15, 0.2) is 0 Å². The van der Waals surface area contributed by atoms with Crippen LogP contribution in [0.25, 0.3) is 4.91 Å². The quantitative estimate of drug-likeness (QED) is 0.694. The minimum Gasteiger partial charge on any atom is -0.463 e. The van der Waals surface area contributed by atoms with Gasteiger partial charge < -0.3 is 4.74 Å². The van der Waals surface area contributed by atoms with E-state index in [2.05, 4.69) is 58.4 Å². The molecule has 1 aliphatic carbocycles. The van der Waals surface area contributed by atoms with Gasteiger partial charge in [0.05, 0.1) is 11.2 Å². The van der Waals surface area contributed by atoms with Crippen molar-refractivity contribution < 1.29 is 4.74 Å². The van der Waals surface area contributed by atoms with Crippen LogP contribution < -0.4 is 0 Å². The molecule has 2 aliphatic rings. The lowest BCUT2D eigenvalue weighted by Crippen LogP contribution is -2.00. The van der Waals surface area contributed by atoms with Crippen molar-refractivity contribution in [1.82, 2.24) is 0 Å². The maximum absolute atomic E-state index is 5.78. The van der Waals surface area contributed by atoms with Crippen LogP contribution in [0.1, 0.15) is 18.4 Å². The molecule has 0 bridgehead atoms. The number of hydrogen-bond acceptors (Lipinski definition) is 2. The molecule has 1 heterocycles. The van der Waals surface area contributed by atoms with Gasteiger partial charge in [0.2, 0.25) is 0 Å². The van der Waals surface area contributed by atoms with Crippen LogP contribution in [0.4, 0.5) is 0 Å². The second-order valence-electron chi connectivity index (χ2n) is 4.33. The summed E-state index contributed by atoms with van der Waals surface area (Å²) in [6, 6.07) is 8.37. The van der Waals surface area contributed by atoms with Crippen molar-refractivity contribution in [2.75, 3.05) is 0 Å². The average molecular weight is 333 g/mol. The molecule has 0 saturated carbocycles. The van der Waals surface area contributed by atoms with E-state index in [9.17, 15) is 0 Å². The highest BCUT2D eigenvalue weighted by atomic mass is 79.9. The van der Waals surface area contributed by atoms with Crippen LogP contribution >= 0.6 is 27.7 Å². The van der Waals surface area contributed by atoms with E-state index in [4.69, 9.17) is 4.74 Å². The van der Waals surface area contributed by atoms with Crippen molar-refractivity contribution in [3.05, 3.63) is 75.5 Å². The molecule has 19 heavy (non-hydrogen) atoms. The summed E-state index contributed by atoms with van der Waals surface area (Å²) >= 11 is 5.19. The largest absolute Gasteiger partial charge is 0.463 e. The van der Waals surface area contributed by atoms with E-state index < -0.39 is 0 Å². The van der Waals surface area contributed by atoms with E-state index in [0.717, 1.165) is 23.1 Å². The summed E-state index contributed by atoms with van der Waals surface area (Å²) in [5.41, 5.74) is 2.47. The molecule has 1 nitrogen and oxygen atoms in total. The molecule has 0 N–H and O–H groups in total. The van der Waals surface area contributed by atoms with Gasteiger partial charge in [-0.2, -0.15) is 0 Å². The van der Waals surface area contributed by atoms with E-state index in [1.165, 1.54) is 16.0 Å². The fourth-order valence-electron chi connectivity index (χ4n) is 2.11. The Hall–Kier alpha value is -1.19. The molecule has 0 radical (unpaired) electrons. The first-order valence-electron chi connectivity index (χ1n) is 6.19. The maximum Gasteiger partial charge on any atom is 0.144 e. The Kier molecular flexibility index (Phi) is 3.95. The van der Waals surface area contributed by atoms with Gasteiger partial charge in [0.1, 0.15) is 5.76 Å². The zero-order chi connectivity index (χ0) is 13.1. The van der Waals surface area contributed by atoms with Gasteiger partial charge >= 0.3 is 0 Å². The molecule has 1 aromatic carbocycles. The molecule has 1 aliphatic heterocycles. The molecular formula is C16H13BrOS. The predicted octanol–water partition coefficient (Wildman–Crippen LogP) is 5.63. The maximum atomic E-state index is 5.78. The summed E-state index contributed by atoms with van der Waals surface area (Å²) in [4.78, 5) is 1.19. The summed E-state index contributed by atoms with van der Waals surface area (Å²) in [5.74, 6) is 0.999. The molecule has 0 unspecified atom stereocenters. The smallest absolute Gasteiger partial charge is 0.144 e. The van der Waals surface area contributed by atoms with E-state index >= 15 is 0 Å². The Morgan fingerprint density at radius 1 is 1.16 bits per heavy atom. The molecule has 1 aromatic rings. The van der Waals surface area contributed by atoms with Gasteiger partial charge in [-0.05, 0) is 36.1 Å². The van der Waals surface area contributed by atoms with Crippen molar-refractivity contribution in [2.45, 2.75) is 12.8 Å². The number of halogens is 1. The Balaban J connectivity index is 2.03. The lowest BCUT2D eigenvalue weighted by atomic mass is 10.0. The highest BCUT2D eigenvalue weighted by Gasteiger charge is 2.18. The lowest BCUT2D eigenvalue weighted by molar-refractivity contribution is 0.361. The van der Waals surface area contributed by atoms with Crippen molar-refractivity contribution in [2.24, 2.45) is 0 Å². The molecule has 0 spiro atoms. The van der Waals surface area contributed by atoms with Gasteiger partial charge in [-0.25, -0.2) is 0 Å². The van der Waals surface area contributed by atoms with Crippen LogP contribution in [0.5, 0.6) is 0 Å². The van der Waals surface area contributed by atoms with Crippen molar-refractivity contribution in [3.63, 3.8) is 0 Å². The van der Waals surface area contributed by atoms with E-state index in [1.807, 2.05) is 5.41 Å². The number of rotatable bonds is 2. The molecule has 0 saturated heterocycles. The van der Waals surface area contributed by atoms with Gasteiger partial charge in [0.25, 0.3) is 0 Å². The minimum absolute atomic E-state index is 0.999. The van der Waals surface area contributed by atoms with E-state index in [0.29, 0.717) is 0 Å². The van der Waals surface area contributed by atoms with E-state index in [-0.39, 0.29) is 0 Å². The number of ether oxygens (including phenoxy) is 1. The number of thioether (sulfide) groups is 1. The summed E-state index contributed by atoms with van der Waals surface area (Å²) in [6.45, 7) is 0. The zero-order valence-corrected chi connectivity index (χ0v) is 12.7. The predicted molar refractivity (Wildman–Crippen MR) is 85.3 cm³/mol. The number of allylic oxidation sites excluding steroid dienone is 4. The van der Waals surface area contributed by atoms with Crippen molar-refractivity contribution >= 4 is 32.6 Å². The topological polar surface area (TPSA) is 9.23 Å². The second kappa shape index (κ2) is 5.85. The fourth-order valence-corrected chi connectivity index (χ4v) is 3.18. The first-order valence-corrected chi connectivity index (χ1v) is 7.86. The Morgan fingerprint density at radius 3 is 2.74 bits per heavy atom. The second-order valence-corrected chi connectivity index (χ2v) is 6.16. The molecule has 0 aromatic heterocycles. The first-order chi connectivity index (χ1) is 9.34. The summed E-state index contributed by atoms with van der Waals surface area (Å²) < 4.78 is 6.87. The normalized spacial score (nSPS) is 18.3. The molecule has 0 atom stereocenters. The highest BCUT2D eigenvalue weighted by Crippen LogP contribution is 2.40. The Morgan fingerprint density at radius 2 is 2.00 bits per heavy atom. The Bertz CT molecular complexity index is 594. The highest BCUT2D eigenvalue weighted by molar-refractivity contribution is 9.10. The van der Waals surface area contributed by atoms with Crippen LogP contribution in [0, 0.1) is 0 Å². The van der Waals surface area contributed by atoms with Crippen LogP contribution in [0.15, 0.2) is 70.0 Å². The summed E-state index contributed by atoms with van der Waals surface area (Å²) in [7, 11) is 0. The molecule has 0 amide bonds. The molecule has 3 heteroatoms. The van der Waals surface area contributed by atoms with Gasteiger partial charge in [-0.15, -0.1) is 0 Å². The third kappa shape index (κ3) is 2.88. The third-order valence-corrected chi connectivity index (χ3v) is 4.48. The van der Waals surface area contributed by atoms with Crippen LogP contribution in [0.3, 0.4) is 0 Å². The molecular weight excluding hydrogens is 320 g/mol. The minimum atomic E-state index is 0.999. The average Bonchev–Trinajstić information content (AvgIpc) is 2.49. The van der Waals surface area contributed by atoms with Crippen LogP contribution in [-0.4, -0.2) is 0 Å². The number of benzene rings is 1. The van der Waals surface area contributed by atoms with Crippen LogP contribution in [0.2, 0.25) is 0 Å². The van der Waals surface area contributed by atoms with Gasteiger partial charge in [0, 0.05) is 9.88 Å². The summed E-state index contributed by atoms with van der Waals surface area (Å²) in [5, 5.41) is 1.99. The fraction of sp³-hybridized carbons (Fsp3) is 0.125. The molecule has 3 rings (SSSR count).